The standard InChI is InChI=1S/C7H13BrO2/c1-6(2)7(5-8)9-3-4-10-7/h6H,3-5H2,1-2H3. The molecule has 0 radical (unpaired) electrons. The van der Waals surface area contributed by atoms with Crippen molar-refractivity contribution in [3.63, 3.8) is 0 Å². The largest absolute Gasteiger partial charge is 0.346 e. The predicted molar refractivity (Wildman–Crippen MR) is 43.3 cm³/mol. The smallest absolute Gasteiger partial charge is 0.180 e. The Morgan fingerprint density at radius 2 is 1.90 bits per heavy atom. The highest BCUT2D eigenvalue weighted by Gasteiger charge is 2.38. The third-order valence-electron chi connectivity index (χ3n) is 1.84. The summed E-state index contributed by atoms with van der Waals surface area (Å²) >= 11 is 3.38. The van der Waals surface area contributed by atoms with E-state index in [1.165, 1.54) is 0 Å². The Hall–Kier alpha value is 0.400. The van der Waals surface area contributed by atoms with E-state index in [9.17, 15) is 0 Å². The van der Waals surface area contributed by atoms with E-state index in [0.29, 0.717) is 5.92 Å². The van der Waals surface area contributed by atoms with Gasteiger partial charge in [0.25, 0.3) is 0 Å². The molecule has 0 amide bonds. The van der Waals surface area contributed by atoms with Crippen molar-refractivity contribution in [2.45, 2.75) is 19.6 Å². The number of hydrogen-bond donors (Lipinski definition) is 0. The van der Waals surface area contributed by atoms with Gasteiger partial charge in [0.05, 0.1) is 18.5 Å². The summed E-state index contributed by atoms with van der Waals surface area (Å²) in [4.78, 5) is 0. The molecule has 1 aliphatic rings. The lowest BCUT2D eigenvalue weighted by molar-refractivity contribution is -0.167. The van der Waals surface area contributed by atoms with Crippen LogP contribution >= 0.6 is 15.9 Å². The second-order valence-electron chi connectivity index (χ2n) is 2.80. The van der Waals surface area contributed by atoms with Gasteiger partial charge in [0, 0.05) is 5.92 Å². The maximum atomic E-state index is 5.48. The Morgan fingerprint density at radius 3 is 2.10 bits per heavy atom. The zero-order valence-corrected chi connectivity index (χ0v) is 7.98. The number of halogens is 1. The Morgan fingerprint density at radius 1 is 1.40 bits per heavy atom. The average molecular weight is 209 g/mol. The van der Waals surface area contributed by atoms with Crippen molar-refractivity contribution in [3.05, 3.63) is 0 Å². The first-order chi connectivity index (χ1) is 4.71. The van der Waals surface area contributed by atoms with Crippen LogP contribution < -0.4 is 0 Å². The molecule has 0 spiro atoms. The third-order valence-corrected chi connectivity index (χ3v) is 2.62. The minimum absolute atomic E-state index is 0.347. The van der Waals surface area contributed by atoms with E-state index in [-0.39, 0.29) is 5.79 Å². The highest BCUT2D eigenvalue weighted by molar-refractivity contribution is 9.09. The third kappa shape index (κ3) is 1.36. The maximum Gasteiger partial charge on any atom is 0.180 e. The summed E-state index contributed by atoms with van der Waals surface area (Å²) in [6.07, 6.45) is 0. The summed E-state index contributed by atoms with van der Waals surface area (Å²) in [5.74, 6) is 0.0642. The zero-order valence-electron chi connectivity index (χ0n) is 6.39. The molecule has 3 heteroatoms. The molecule has 0 N–H and O–H groups in total. The van der Waals surface area contributed by atoms with Gasteiger partial charge in [-0.2, -0.15) is 0 Å². The number of hydrogen-bond acceptors (Lipinski definition) is 2. The van der Waals surface area contributed by atoms with Gasteiger partial charge in [-0.05, 0) is 0 Å². The molecule has 1 heterocycles. The molecule has 60 valence electrons. The molecule has 0 aromatic heterocycles. The summed E-state index contributed by atoms with van der Waals surface area (Å²) in [6.45, 7) is 5.66. The summed E-state index contributed by atoms with van der Waals surface area (Å²) < 4.78 is 11.0. The van der Waals surface area contributed by atoms with Crippen LogP contribution in [0.15, 0.2) is 0 Å². The Bertz CT molecular complexity index is 108. The first kappa shape index (κ1) is 8.50. The molecule has 2 nitrogen and oxygen atoms in total. The molecule has 1 rings (SSSR count). The Balaban J connectivity index is 2.58. The van der Waals surface area contributed by atoms with Crippen molar-refractivity contribution in [1.29, 1.82) is 0 Å². The lowest BCUT2D eigenvalue weighted by atomic mass is 10.1. The topological polar surface area (TPSA) is 18.5 Å². The van der Waals surface area contributed by atoms with Crippen molar-refractivity contribution in [2.75, 3.05) is 18.5 Å². The van der Waals surface area contributed by atoms with Crippen molar-refractivity contribution in [3.8, 4) is 0 Å². The van der Waals surface area contributed by atoms with Crippen molar-refractivity contribution < 1.29 is 9.47 Å². The average Bonchev–Trinajstić information content (AvgIpc) is 2.35. The summed E-state index contributed by atoms with van der Waals surface area (Å²) in [7, 11) is 0. The van der Waals surface area contributed by atoms with Crippen molar-refractivity contribution >= 4 is 15.9 Å². The Labute approximate surface area is 70.0 Å². The lowest BCUT2D eigenvalue weighted by Crippen LogP contribution is -2.38. The SMILES string of the molecule is CC(C)C1(CBr)OCCO1. The normalized spacial score (nSPS) is 24.0. The monoisotopic (exact) mass is 208 g/mol. The molecule has 0 unspecified atom stereocenters. The fourth-order valence-corrected chi connectivity index (χ4v) is 2.01. The van der Waals surface area contributed by atoms with Crippen LogP contribution in [-0.4, -0.2) is 24.3 Å². The van der Waals surface area contributed by atoms with E-state index in [0.717, 1.165) is 18.5 Å². The van der Waals surface area contributed by atoms with Crippen LogP contribution in [0.3, 0.4) is 0 Å². The number of rotatable bonds is 2. The molecule has 0 aliphatic carbocycles. The van der Waals surface area contributed by atoms with E-state index in [1.807, 2.05) is 0 Å². The van der Waals surface area contributed by atoms with E-state index in [1.54, 1.807) is 0 Å². The molecule has 1 saturated heterocycles. The second-order valence-corrected chi connectivity index (χ2v) is 3.36. The first-order valence-corrected chi connectivity index (χ1v) is 4.67. The zero-order chi connectivity index (χ0) is 7.61. The highest BCUT2D eigenvalue weighted by Crippen LogP contribution is 2.29. The van der Waals surface area contributed by atoms with Gasteiger partial charge in [0.15, 0.2) is 5.79 Å². The van der Waals surface area contributed by atoms with Crippen LogP contribution in [0, 0.1) is 5.92 Å². The fraction of sp³-hybridized carbons (Fsp3) is 1.00. The lowest BCUT2D eigenvalue weighted by Gasteiger charge is -2.28. The van der Waals surface area contributed by atoms with Crippen LogP contribution in [0.4, 0.5) is 0 Å². The summed E-state index contributed by atoms with van der Waals surface area (Å²) in [5.41, 5.74) is 0. The van der Waals surface area contributed by atoms with Crippen LogP contribution in [-0.2, 0) is 9.47 Å². The van der Waals surface area contributed by atoms with E-state index in [4.69, 9.17) is 9.47 Å². The number of ether oxygens (including phenoxy) is 2. The summed E-state index contributed by atoms with van der Waals surface area (Å²) in [5, 5.41) is 0.762. The van der Waals surface area contributed by atoms with Crippen LogP contribution in [0.25, 0.3) is 0 Å². The van der Waals surface area contributed by atoms with Crippen LogP contribution in [0.5, 0.6) is 0 Å². The number of alkyl halides is 1. The molecular weight excluding hydrogens is 196 g/mol. The minimum Gasteiger partial charge on any atom is -0.346 e. The highest BCUT2D eigenvalue weighted by atomic mass is 79.9. The predicted octanol–water partition coefficient (Wildman–Crippen LogP) is 1.78. The van der Waals surface area contributed by atoms with Crippen molar-refractivity contribution in [2.24, 2.45) is 5.92 Å². The van der Waals surface area contributed by atoms with E-state index < -0.39 is 0 Å². The van der Waals surface area contributed by atoms with Gasteiger partial charge in [-0.1, -0.05) is 29.8 Å². The molecule has 1 aliphatic heterocycles. The fourth-order valence-electron chi connectivity index (χ4n) is 1.04. The van der Waals surface area contributed by atoms with Gasteiger partial charge in [-0.25, -0.2) is 0 Å². The van der Waals surface area contributed by atoms with Gasteiger partial charge in [0.2, 0.25) is 0 Å². The Kier molecular flexibility index (Phi) is 2.72. The molecule has 10 heavy (non-hydrogen) atoms. The van der Waals surface area contributed by atoms with E-state index in [2.05, 4.69) is 29.8 Å². The molecule has 1 fully saturated rings. The van der Waals surface area contributed by atoms with Gasteiger partial charge >= 0.3 is 0 Å². The quantitative estimate of drug-likeness (QED) is 0.645. The molecule has 0 aromatic carbocycles. The molecular formula is C7H13BrO2. The van der Waals surface area contributed by atoms with E-state index >= 15 is 0 Å². The molecule has 0 bridgehead atoms. The van der Waals surface area contributed by atoms with Gasteiger partial charge in [-0.3, -0.25) is 0 Å². The molecule has 0 atom stereocenters. The van der Waals surface area contributed by atoms with Crippen LogP contribution in [0.2, 0.25) is 0 Å². The minimum atomic E-state index is -0.347. The summed E-state index contributed by atoms with van der Waals surface area (Å²) in [6, 6.07) is 0. The van der Waals surface area contributed by atoms with Crippen LogP contribution in [0.1, 0.15) is 13.8 Å². The molecule has 0 saturated carbocycles. The maximum absolute atomic E-state index is 5.48. The van der Waals surface area contributed by atoms with Crippen molar-refractivity contribution in [1.82, 2.24) is 0 Å². The van der Waals surface area contributed by atoms with Gasteiger partial charge in [-0.15, -0.1) is 0 Å². The molecule has 0 aromatic rings. The second kappa shape index (κ2) is 3.20. The van der Waals surface area contributed by atoms with Gasteiger partial charge < -0.3 is 9.47 Å². The first-order valence-electron chi connectivity index (χ1n) is 3.55. The van der Waals surface area contributed by atoms with Gasteiger partial charge in [0.1, 0.15) is 0 Å².